The fraction of sp³-hybridized carbons (Fsp3) is 0.348. The monoisotopic (exact) mass is 485 g/mol. The van der Waals surface area contributed by atoms with Gasteiger partial charge in [0.25, 0.3) is 6.43 Å². The maximum absolute atomic E-state index is 14.7. The van der Waals surface area contributed by atoms with Gasteiger partial charge in [0.15, 0.2) is 6.04 Å². The third-order valence-electron chi connectivity index (χ3n) is 5.63. The number of rotatable bonds is 6. The van der Waals surface area contributed by atoms with Crippen LogP contribution in [0, 0.1) is 5.82 Å². The standard InChI is InChI=1S/C23H21F6N3O2/c1-33-19-12-17-15(11-18(19)32-7-9-34-10-8-32)16(5-6-30-17)31-21(23(27,28)29)13-3-2-4-14(20(13)24)22(25)26/h2-6,11-12,21-22H,7-10H2,1H3,(H,30,31)/t21-/m0/s1. The van der Waals surface area contributed by atoms with Crippen molar-refractivity contribution < 1.29 is 35.8 Å². The van der Waals surface area contributed by atoms with Crippen molar-refractivity contribution in [3.63, 3.8) is 0 Å². The number of anilines is 2. The van der Waals surface area contributed by atoms with E-state index < -0.39 is 35.6 Å². The van der Waals surface area contributed by atoms with E-state index in [9.17, 15) is 26.3 Å². The topological polar surface area (TPSA) is 46.6 Å². The van der Waals surface area contributed by atoms with Crippen molar-refractivity contribution in [3.8, 4) is 5.75 Å². The van der Waals surface area contributed by atoms with Crippen molar-refractivity contribution in [3.05, 3.63) is 59.5 Å². The second kappa shape index (κ2) is 9.57. The maximum atomic E-state index is 14.7. The Hall–Kier alpha value is -3.21. The lowest BCUT2D eigenvalue weighted by molar-refractivity contribution is -0.144. The number of ether oxygens (including phenoxy) is 2. The largest absolute Gasteiger partial charge is 0.495 e. The van der Waals surface area contributed by atoms with E-state index in [2.05, 4.69) is 10.3 Å². The Bertz CT molecular complexity index is 1170. The summed E-state index contributed by atoms with van der Waals surface area (Å²) in [5, 5.41) is 2.66. The van der Waals surface area contributed by atoms with Gasteiger partial charge in [-0.2, -0.15) is 13.2 Å². The Morgan fingerprint density at radius 2 is 1.79 bits per heavy atom. The predicted molar refractivity (Wildman–Crippen MR) is 115 cm³/mol. The van der Waals surface area contributed by atoms with Gasteiger partial charge < -0.3 is 19.7 Å². The van der Waals surface area contributed by atoms with Crippen molar-refractivity contribution in [1.29, 1.82) is 0 Å². The average molecular weight is 485 g/mol. The molecular weight excluding hydrogens is 464 g/mol. The molecule has 11 heteroatoms. The highest BCUT2D eigenvalue weighted by Gasteiger charge is 2.43. The molecule has 1 fully saturated rings. The number of halogens is 6. The molecule has 1 aliphatic heterocycles. The normalized spacial score (nSPS) is 15.6. The van der Waals surface area contributed by atoms with Crippen LogP contribution in [0.2, 0.25) is 0 Å². The molecule has 1 saturated heterocycles. The third kappa shape index (κ3) is 4.70. The van der Waals surface area contributed by atoms with E-state index in [1.807, 2.05) is 4.90 Å². The summed E-state index contributed by atoms with van der Waals surface area (Å²) < 4.78 is 93.8. The second-order valence-corrected chi connectivity index (χ2v) is 7.67. The second-order valence-electron chi connectivity index (χ2n) is 7.67. The SMILES string of the molecule is COc1cc2nccc(N[C@@H](c3cccc(C(F)F)c3F)C(F)(F)F)c2cc1N1CCOCC1. The molecule has 1 aromatic heterocycles. The molecule has 0 spiro atoms. The van der Waals surface area contributed by atoms with Gasteiger partial charge in [0, 0.05) is 42.0 Å². The zero-order chi connectivity index (χ0) is 24.5. The zero-order valence-electron chi connectivity index (χ0n) is 18.0. The molecular formula is C23H21F6N3O2. The van der Waals surface area contributed by atoms with Gasteiger partial charge in [-0.15, -0.1) is 0 Å². The molecule has 5 nitrogen and oxygen atoms in total. The number of morpholine rings is 1. The Labute approximate surface area is 191 Å². The van der Waals surface area contributed by atoms with Crippen LogP contribution < -0.4 is 15.0 Å². The first-order chi connectivity index (χ1) is 16.2. The Kier molecular flexibility index (Phi) is 6.74. The summed E-state index contributed by atoms with van der Waals surface area (Å²) in [6.45, 7) is 2.08. The summed E-state index contributed by atoms with van der Waals surface area (Å²) in [7, 11) is 1.48. The van der Waals surface area contributed by atoms with Gasteiger partial charge in [-0.1, -0.05) is 18.2 Å². The van der Waals surface area contributed by atoms with E-state index in [1.54, 1.807) is 12.1 Å². The molecule has 1 N–H and O–H groups in total. The number of pyridine rings is 1. The molecule has 4 rings (SSSR count). The highest BCUT2D eigenvalue weighted by molar-refractivity contribution is 5.95. The van der Waals surface area contributed by atoms with Gasteiger partial charge in [-0.3, -0.25) is 4.98 Å². The van der Waals surface area contributed by atoms with Gasteiger partial charge in [0.05, 0.1) is 37.1 Å². The van der Waals surface area contributed by atoms with Gasteiger partial charge in [0.1, 0.15) is 11.6 Å². The van der Waals surface area contributed by atoms with Crippen LogP contribution in [0.15, 0.2) is 42.6 Å². The lowest BCUT2D eigenvalue weighted by Gasteiger charge is -2.30. The fourth-order valence-corrected chi connectivity index (χ4v) is 3.95. The van der Waals surface area contributed by atoms with Gasteiger partial charge in [0.2, 0.25) is 0 Å². The summed E-state index contributed by atoms with van der Waals surface area (Å²) >= 11 is 0. The number of nitrogens with zero attached hydrogens (tertiary/aromatic N) is 2. The molecule has 0 unspecified atom stereocenters. The number of benzene rings is 2. The fourth-order valence-electron chi connectivity index (χ4n) is 3.95. The zero-order valence-corrected chi connectivity index (χ0v) is 18.0. The minimum Gasteiger partial charge on any atom is -0.495 e. The molecule has 0 amide bonds. The van der Waals surface area contributed by atoms with E-state index in [-0.39, 0.29) is 5.69 Å². The number of hydrogen-bond donors (Lipinski definition) is 1. The highest BCUT2D eigenvalue weighted by Crippen LogP contribution is 2.41. The van der Waals surface area contributed by atoms with Crippen molar-refractivity contribution in [2.45, 2.75) is 18.6 Å². The number of hydrogen-bond acceptors (Lipinski definition) is 5. The Morgan fingerprint density at radius 1 is 1.09 bits per heavy atom. The van der Waals surface area contributed by atoms with Crippen molar-refractivity contribution in [1.82, 2.24) is 4.98 Å². The minimum atomic E-state index is -4.98. The number of nitrogens with one attached hydrogen (secondary N) is 1. The van der Waals surface area contributed by atoms with Crippen LogP contribution in [0.4, 0.5) is 37.7 Å². The van der Waals surface area contributed by atoms with Crippen LogP contribution in [0.1, 0.15) is 23.6 Å². The van der Waals surface area contributed by atoms with Crippen LogP contribution in [0.5, 0.6) is 5.75 Å². The molecule has 3 aromatic rings. The van der Waals surface area contributed by atoms with Crippen LogP contribution >= 0.6 is 0 Å². The van der Waals surface area contributed by atoms with E-state index >= 15 is 0 Å². The number of methoxy groups -OCH3 is 1. The predicted octanol–water partition coefficient (Wildman–Crippen LogP) is 5.87. The molecule has 2 aromatic carbocycles. The van der Waals surface area contributed by atoms with Crippen LogP contribution in [0.25, 0.3) is 10.9 Å². The van der Waals surface area contributed by atoms with Crippen LogP contribution in [0.3, 0.4) is 0 Å². The van der Waals surface area contributed by atoms with E-state index in [1.165, 1.54) is 19.4 Å². The molecule has 2 heterocycles. The van der Waals surface area contributed by atoms with Crippen molar-refractivity contribution in [2.75, 3.05) is 43.6 Å². The molecule has 182 valence electrons. The first-order valence-electron chi connectivity index (χ1n) is 10.4. The summed E-state index contributed by atoms with van der Waals surface area (Å²) in [5.74, 6) is -1.11. The minimum absolute atomic E-state index is 0.0198. The molecule has 34 heavy (non-hydrogen) atoms. The van der Waals surface area contributed by atoms with Gasteiger partial charge in [-0.25, -0.2) is 13.2 Å². The number of aromatic nitrogens is 1. The summed E-state index contributed by atoms with van der Waals surface area (Å²) in [6, 6.07) is 4.60. The molecule has 1 aliphatic rings. The number of alkyl halides is 5. The van der Waals surface area contributed by atoms with Crippen molar-refractivity contribution in [2.24, 2.45) is 0 Å². The first-order valence-corrected chi connectivity index (χ1v) is 10.4. The molecule has 0 saturated carbocycles. The first kappa shape index (κ1) is 23.9. The Balaban J connectivity index is 1.81. The maximum Gasteiger partial charge on any atom is 0.412 e. The van der Waals surface area contributed by atoms with E-state index in [4.69, 9.17) is 9.47 Å². The van der Waals surface area contributed by atoms with Crippen LogP contribution in [-0.4, -0.2) is 44.6 Å². The lowest BCUT2D eigenvalue weighted by atomic mass is 10.0. The molecule has 0 radical (unpaired) electrons. The van der Waals surface area contributed by atoms with Crippen LogP contribution in [-0.2, 0) is 4.74 Å². The van der Waals surface area contributed by atoms with E-state index in [0.29, 0.717) is 48.6 Å². The quantitative estimate of drug-likeness (QED) is 0.443. The summed E-state index contributed by atoms with van der Waals surface area (Å²) in [5.41, 5.74) is -0.999. The average Bonchev–Trinajstić information content (AvgIpc) is 2.81. The molecule has 0 bridgehead atoms. The van der Waals surface area contributed by atoms with E-state index in [0.717, 1.165) is 18.2 Å². The third-order valence-corrected chi connectivity index (χ3v) is 5.63. The smallest absolute Gasteiger partial charge is 0.412 e. The molecule has 0 aliphatic carbocycles. The van der Waals surface area contributed by atoms with Gasteiger partial charge >= 0.3 is 6.18 Å². The lowest BCUT2D eigenvalue weighted by Crippen LogP contribution is -2.36. The molecule has 1 atom stereocenters. The summed E-state index contributed by atoms with van der Waals surface area (Å²) in [4.78, 5) is 6.19. The van der Waals surface area contributed by atoms with Gasteiger partial charge in [-0.05, 0) is 12.1 Å². The number of fused-ring (bicyclic) bond motifs is 1. The summed E-state index contributed by atoms with van der Waals surface area (Å²) in [6.07, 6.45) is -6.92. The highest BCUT2D eigenvalue weighted by atomic mass is 19.4. The van der Waals surface area contributed by atoms with Crippen molar-refractivity contribution >= 4 is 22.3 Å². The Morgan fingerprint density at radius 3 is 2.44 bits per heavy atom.